The lowest BCUT2D eigenvalue weighted by Gasteiger charge is -2.28. The Labute approximate surface area is 153 Å². The van der Waals surface area contributed by atoms with Crippen molar-refractivity contribution in [1.82, 2.24) is 10.2 Å². The number of amides is 2. The predicted molar refractivity (Wildman–Crippen MR) is 100.0 cm³/mol. The third kappa shape index (κ3) is 4.52. The van der Waals surface area contributed by atoms with Gasteiger partial charge in [-0.05, 0) is 55.8 Å². The lowest BCUT2D eigenvalue weighted by molar-refractivity contribution is 0.227. The van der Waals surface area contributed by atoms with Crippen LogP contribution in [0.1, 0.15) is 24.4 Å². The third-order valence-electron chi connectivity index (χ3n) is 4.66. The smallest absolute Gasteiger partial charge is 0.319 e. The SMILES string of the molecule is COc1ccc([C@H](CNC(=O)Nc2ccccc2F)N2CCCC2)cc1. The molecule has 0 bridgehead atoms. The third-order valence-corrected chi connectivity index (χ3v) is 4.66. The number of urea groups is 1. The van der Waals surface area contributed by atoms with Crippen LogP contribution < -0.4 is 15.4 Å². The van der Waals surface area contributed by atoms with Gasteiger partial charge in [0.15, 0.2) is 0 Å². The molecule has 6 heteroatoms. The summed E-state index contributed by atoms with van der Waals surface area (Å²) < 4.78 is 18.9. The van der Waals surface area contributed by atoms with E-state index < -0.39 is 11.8 Å². The minimum Gasteiger partial charge on any atom is -0.497 e. The minimum absolute atomic E-state index is 0.0785. The zero-order chi connectivity index (χ0) is 18.4. The van der Waals surface area contributed by atoms with Crippen LogP contribution in [-0.4, -0.2) is 37.7 Å². The average molecular weight is 357 g/mol. The van der Waals surface area contributed by atoms with Gasteiger partial charge in [-0.1, -0.05) is 24.3 Å². The van der Waals surface area contributed by atoms with Crippen LogP contribution in [0, 0.1) is 5.82 Å². The molecule has 5 nitrogen and oxygen atoms in total. The zero-order valence-corrected chi connectivity index (χ0v) is 14.9. The lowest BCUT2D eigenvalue weighted by Crippen LogP contribution is -2.38. The summed E-state index contributed by atoms with van der Waals surface area (Å²) in [4.78, 5) is 14.6. The molecule has 1 atom stereocenters. The van der Waals surface area contributed by atoms with Gasteiger partial charge in [0.05, 0.1) is 18.8 Å². The van der Waals surface area contributed by atoms with Gasteiger partial charge in [-0.3, -0.25) is 4.90 Å². The quantitative estimate of drug-likeness (QED) is 0.827. The molecule has 1 aliphatic heterocycles. The molecule has 1 heterocycles. The zero-order valence-electron chi connectivity index (χ0n) is 14.9. The maximum absolute atomic E-state index is 13.7. The van der Waals surface area contributed by atoms with Crippen LogP contribution in [-0.2, 0) is 0 Å². The van der Waals surface area contributed by atoms with Crippen molar-refractivity contribution in [3.63, 3.8) is 0 Å². The van der Waals surface area contributed by atoms with Gasteiger partial charge in [0.2, 0.25) is 0 Å². The number of anilines is 1. The monoisotopic (exact) mass is 357 g/mol. The molecule has 2 amide bonds. The van der Waals surface area contributed by atoms with Crippen molar-refractivity contribution in [2.75, 3.05) is 32.1 Å². The molecule has 138 valence electrons. The van der Waals surface area contributed by atoms with Crippen molar-refractivity contribution in [2.45, 2.75) is 18.9 Å². The summed E-state index contributed by atoms with van der Waals surface area (Å²) >= 11 is 0. The molecule has 26 heavy (non-hydrogen) atoms. The fourth-order valence-electron chi connectivity index (χ4n) is 3.26. The Hall–Kier alpha value is -2.60. The van der Waals surface area contributed by atoms with Crippen molar-refractivity contribution >= 4 is 11.7 Å². The first-order valence-corrected chi connectivity index (χ1v) is 8.85. The molecule has 2 aromatic carbocycles. The first-order valence-electron chi connectivity index (χ1n) is 8.85. The van der Waals surface area contributed by atoms with Gasteiger partial charge < -0.3 is 15.4 Å². The minimum atomic E-state index is -0.450. The number of carbonyl (C=O) groups excluding carboxylic acids is 1. The highest BCUT2D eigenvalue weighted by atomic mass is 19.1. The number of benzene rings is 2. The summed E-state index contributed by atoms with van der Waals surface area (Å²) in [5.74, 6) is 0.355. The van der Waals surface area contributed by atoms with E-state index in [2.05, 4.69) is 15.5 Å². The number of carbonyl (C=O) groups is 1. The molecule has 3 rings (SSSR count). The molecular formula is C20H24FN3O2. The number of hydrogen-bond acceptors (Lipinski definition) is 3. The van der Waals surface area contributed by atoms with E-state index in [1.165, 1.54) is 12.1 Å². The van der Waals surface area contributed by atoms with Crippen LogP contribution in [0.3, 0.4) is 0 Å². The molecule has 0 spiro atoms. The van der Waals surface area contributed by atoms with E-state index in [-0.39, 0.29) is 11.7 Å². The molecule has 2 aromatic rings. The number of nitrogens with one attached hydrogen (secondary N) is 2. The van der Waals surface area contributed by atoms with E-state index in [1.807, 2.05) is 24.3 Å². The highest BCUT2D eigenvalue weighted by Crippen LogP contribution is 2.26. The van der Waals surface area contributed by atoms with Crippen LogP contribution in [0.4, 0.5) is 14.9 Å². The summed E-state index contributed by atoms with van der Waals surface area (Å²) in [7, 11) is 1.64. The van der Waals surface area contributed by atoms with Crippen molar-refractivity contribution < 1.29 is 13.9 Å². The van der Waals surface area contributed by atoms with Crippen molar-refractivity contribution in [3.8, 4) is 5.75 Å². The second kappa shape index (κ2) is 8.67. The van der Waals surface area contributed by atoms with Gasteiger partial charge in [-0.2, -0.15) is 0 Å². The number of nitrogens with zero attached hydrogens (tertiary/aromatic N) is 1. The van der Waals surface area contributed by atoms with Crippen molar-refractivity contribution in [1.29, 1.82) is 0 Å². The lowest BCUT2D eigenvalue weighted by atomic mass is 10.1. The number of ether oxygens (including phenoxy) is 1. The first-order chi connectivity index (χ1) is 12.7. The summed E-state index contributed by atoms with van der Waals surface area (Å²) in [6.45, 7) is 2.47. The van der Waals surface area contributed by atoms with E-state index in [9.17, 15) is 9.18 Å². The molecule has 2 N–H and O–H groups in total. The fraction of sp³-hybridized carbons (Fsp3) is 0.350. The Morgan fingerprint density at radius 3 is 2.50 bits per heavy atom. The van der Waals surface area contributed by atoms with Gasteiger partial charge >= 0.3 is 6.03 Å². The molecule has 0 aliphatic carbocycles. The van der Waals surface area contributed by atoms with E-state index in [4.69, 9.17) is 4.74 Å². The first kappa shape index (κ1) is 18.2. The Morgan fingerprint density at radius 2 is 1.85 bits per heavy atom. The Balaban J connectivity index is 1.65. The summed E-state index contributed by atoms with van der Waals surface area (Å²) in [5, 5.41) is 5.44. The average Bonchev–Trinajstić information content (AvgIpc) is 3.19. The van der Waals surface area contributed by atoms with Gasteiger partial charge in [0, 0.05) is 6.54 Å². The normalized spacial score (nSPS) is 15.5. The number of halogens is 1. The predicted octanol–water partition coefficient (Wildman–Crippen LogP) is 3.79. The summed E-state index contributed by atoms with van der Waals surface area (Å²) in [6, 6.07) is 13.7. The van der Waals surface area contributed by atoms with E-state index in [0.29, 0.717) is 6.54 Å². The maximum atomic E-state index is 13.7. The van der Waals surface area contributed by atoms with Crippen LogP contribution in [0.15, 0.2) is 48.5 Å². The van der Waals surface area contributed by atoms with E-state index >= 15 is 0 Å². The van der Waals surface area contributed by atoms with E-state index in [0.717, 1.165) is 37.2 Å². The van der Waals surface area contributed by atoms with Gasteiger partial charge in [-0.25, -0.2) is 9.18 Å². The Morgan fingerprint density at radius 1 is 1.15 bits per heavy atom. The maximum Gasteiger partial charge on any atom is 0.319 e. The second-order valence-electron chi connectivity index (χ2n) is 6.35. The van der Waals surface area contributed by atoms with Crippen LogP contribution in [0.5, 0.6) is 5.75 Å². The number of methoxy groups -OCH3 is 1. The molecule has 1 fully saturated rings. The van der Waals surface area contributed by atoms with E-state index in [1.54, 1.807) is 19.2 Å². The molecule has 1 saturated heterocycles. The fourth-order valence-corrected chi connectivity index (χ4v) is 3.26. The number of rotatable bonds is 6. The molecule has 0 aromatic heterocycles. The largest absolute Gasteiger partial charge is 0.497 e. The van der Waals surface area contributed by atoms with Crippen LogP contribution in [0.25, 0.3) is 0 Å². The van der Waals surface area contributed by atoms with Crippen LogP contribution in [0.2, 0.25) is 0 Å². The molecule has 1 aliphatic rings. The standard InChI is InChI=1S/C20H24FN3O2/c1-26-16-10-8-15(9-11-16)19(24-12-4-5-13-24)14-22-20(25)23-18-7-3-2-6-17(18)21/h2-3,6-11,19H,4-5,12-14H2,1H3,(H2,22,23,25)/t19-/m0/s1. The Kier molecular flexibility index (Phi) is 6.07. The van der Waals surface area contributed by atoms with Crippen molar-refractivity contribution in [2.24, 2.45) is 0 Å². The molecule has 0 radical (unpaired) electrons. The second-order valence-corrected chi connectivity index (χ2v) is 6.35. The van der Waals surface area contributed by atoms with Gasteiger partial charge in [0.1, 0.15) is 11.6 Å². The number of hydrogen-bond donors (Lipinski definition) is 2. The summed E-state index contributed by atoms with van der Waals surface area (Å²) in [6.07, 6.45) is 2.32. The highest BCUT2D eigenvalue weighted by molar-refractivity contribution is 5.89. The topological polar surface area (TPSA) is 53.6 Å². The van der Waals surface area contributed by atoms with Crippen molar-refractivity contribution in [3.05, 3.63) is 59.9 Å². The number of likely N-dealkylation sites (tertiary alicyclic amines) is 1. The summed E-state index contributed by atoms with van der Waals surface area (Å²) in [5.41, 5.74) is 1.30. The van der Waals surface area contributed by atoms with Crippen LogP contribution >= 0.6 is 0 Å². The molecule has 0 unspecified atom stereocenters. The molecular weight excluding hydrogens is 333 g/mol. The highest BCUT2D eigenvalue weighted by Gasteiger charge is 2.24. The van der Waals surface area contributed by atoms with Gasteiger partial charge in [-0.15, -0.1) is 0 Å². The number of para-hydroxylation sites is 1. The van der Waals surface area contributed by atoms with Gasteiger partial charge in [0.25, 0.3) is 0 Å². The Bertz CT molecular complexity index is 730. The molecule has 0 saturated carbocycles.